The second-order valence-corrected chi connectivity index (χ2v) is 7.82. The standard InChI is InChI=1S/C15H22N6O2S2/c1-3-21-12(10-20-5-7-23-8-6-20)18-19-15(21)25-11(2)13(22)17-14-16-4-9-24-14/h4,9,11H,3,5-8,10H2,1-2H3,(H,16,17,22). The van der Waals surface area contributed by atoms with Gasteiger partial charge in [-0.15, -0.1) is 21.5 Å². The number of hydrogen-bond donors (Lipinski definition) is 1. The molecule has 1 aliphatic rings. The fourth-order valence-corrected chi connectivity index (χ4v) is 3.97. The summed E-state index contributed by atoms with van der Waals surface area (Å²) < 4.78 is 7.46. The fraction of sp³-hybridized carbons (Fsp3) is 0.600. The molecular formula is C15H22N6O2S2. The van der Waals surface area contributed by atoms with Crippen molar-refractivity contribution in [1.29, 1.82) is 0 Å². The summed E-state index contributed by atoms with van der Waals surface area (Å²) in [5, 5.41) is 14.4. The Morgan fingerprint density at radius 1 is 1.44 bits per heavy atom. The molecule has 1 unspecified atom stereocenters. The Bertz CT molecular complexity index is 684. The van der Waals surface area contributed by atoms with E-state index in [1.165, 1.54) is 23.1 Å². The average molecular weight is 383 g/mol. The largest absolute Gasteiger partial charge is 0.379 e. The molecule has 136 valence electrons. The molecule has 0 saturated carbocycles. The van der Waals surface area contributed by atoms with Gasteiger partial charge in [0.1, 0.15) is 5.82 Å². The Morgan fingerprint density at radius 3 is 2.92 bits per heavy atom. The molecule has 3 rings (SSSR count). The third-order valence-electron chi connectivity index (χ3n) is 3.89. The van der Waals surface area contributed by atoms with E-state index in [2.05, 4.69) is 36.9 Å². The lowest BCUT2D eigenvalue weighted by Gasteiger charge is -2.26. The number of nitrogens with zero attached hydrogens (tertiary/aromatic N) is 5. The summed E-state index contributed by atoms with van der Waals surface area (Å²) in [5.41, 5.74) is 0. The van der Waals surface area contributed by atoms with E-state index in [1.54, 1.807) is 6.20 Å². The van der Waals surface area contributed by atoms with E-state index < -0.39 is 0 Å². The first-order valence-corrected chi connectivity index (χ1v) is 10.0. The first-order valence-electron chi connectivity index (χ1n) is 8.26. The SMILES string of the molecule is CCn1c(CN2CCOCC2)nnc1SC(C)C(=O)Nc1nccs1. The van der Waals surface area contributed by atoms with Gasteiger partial charge < -0.3 is 14.6 Å². The molecule has 1 N–H and O–H groups in total. The average Bonchev–Trinajstić information content (AvgIpc) is 3.25. The highest BCUT2D eigenvalue weighted by Crippen LogP contribution is 2.24. The van der Waals surface area contributed by atoms with Gasteiger partial charge in [0.15, 0.2) is 10.3 Å². The summed E-state index contributed by atoms with van der Waals surface area (Å²) in [7, 11) is 0. The predicted octanol–water partition coefficient (Wildman–Crippen LogP) is 1.71. The Balaban J connectivity index is 1.62. The zero-order valence-corrected chi connectivity index (χ0v) is 16.0. The van der Waals surface area contributed by atoms with Gasteiger partial charge in [-0.2, -0.15) is 0 Å². The molecule has 1 saturated heterocycles. The van der Waals surface area contributed by atoms with E-state index in [1.807, 2.05) is 12.3 Å². The summed E-state index contributed by atoms with van der Waals surface area (Å²) in [6.45, 7) is 8.80. The fourth-order valence-electron chi connectivity index (χ4n) is 2.50. The van der Waals surface area contributed by atoms with E-state index in [0.29, 0.717) is 5.13 Å². The van der Waals surface area contributed by atoms with E-state index in [9.17, 15) is 4.79 Å². The van der Waals surface area contributed by atoms with Crippen LogP contribution in [0, 0.1) is 0 Å². The number of rotatable bonds is 7. The van der Waals surface area contributed by atoms with Crippen LogP contribution in [0.4, 0.5) is 5.13 Å². The number of thioether (sulfide) groups is 1. The maximum Gasteiger partial charge on any atom is 0.239 e. The van der Waals surface area contributed by atoms with Gasteiger partial charge in [0, 0.05) is 31.2 Å². The number of nitrogens with one attached hydrogen (secondary N) is 1. The van der Waals surface area contributed by atoms with Crippen LogP contribution in [0.3, 0.4) is 0 Å². The van der Waals surface area contributed by atoms with Gasteiger partial charge >= 0.3 is 0 Å². The van der Waals surface area contributed by atoms with Crippen molar-refractivity contribution in [2.24, 2.45) is 0 Å². The Labute approximate surface area is 155 Å². The minimum atomic E-state index is -0.283. The van der Waals surface area contributed by atoms with Crippen molar-refractivity contribution in [3.8, 4) is 0 Å². The molecule has 8 nitrogen and oxygen atoms in total. The van der Waals surface area contributed by atoms with Crippen LogP contribution >= 0.6 is 23.1 Å². The predicted molar refractivity (Wildman–Crippen MR) is 97.9 cm³/mol. The molecule has 1 atom stereocenters. The Morgan fingerprint density at radius 2 is 2.24 bits per heavy atom. The molecular weight excluding hydrogens is 360 g/mol. The van der Waals surface area contributed by atoms with Crippen molar-refractivity contribution in [2.75, 3.05) is 31.6 Å². The van der Waals surface area contributed by atoms with Crippen LogP contribution in [0.25, 0.3) is 0 Å². The maximum atomic E-state index is 12.3. The molecule has 0 aromatic carbocycles. The van der Waals surface area contributed by atoms with Crippen molar-refractivity contribution in [1.82, 2.24) is 24.6 Å². The smallest absolute Gasteiger partial charge is 0.239 e. The molecule has 25 heavy (non-hydrogen) atoms. The molecule has 2 aromatic rings. The van der Waals surface area contributed by atoms with Gasteiger partial charge in [0.25, 0.3) is 0 Å². The van der Waals surface area contributed by atoms with Crippen LogP contribution in [0.15, 0.2) is 16.7 Å². The lowest BCUT2D eigenvalue weighted by Crippen LogP contribution is -2.36. The molecule has 1 fully saturated rings. The Kier molecular flexibility index (Phi) is 6.40. The van der Waals surface area contributed by atoms with Gasteiger partial charge in [-0.05, 0) is 13.8 Å². The van der Waals surface area contributed by atoms with Crippen LogP contribution in [-0.4, -0.2) is 62.1 Å². The van der Waals surface area contributed by atoms with E-state index in [0.717, 1.165) is 50.4 Å². The summed E-state index contributed by atoms with van der Waals surface area (Å²) in [4.78, 5) is 18.7. The number of hydrogen-bond acceptors (Lipinski definition) is 8. The maximum absolute atomic E-state index is 12.3. The number of carbonyl (C=O) groups is 1. The van der Waals surface area contributed by atoms with Crippen LogP contribution in [0.1, 0.15) is 19.7 Å². The molecule has 3 heterocycles. The number of carbonyl (C=O) groups excluding carboxylic acids is 1. The van der Waals surface area contributed by atoms with Crippen LogP contribution in [0.5, 0.6) is 0 Å². The summed E-state index contributed by atoms with van der Waals surface area (Å²) in [6.07, 6.45) is 1.67. The second kappa shape index (κ2) is 8.75. The van der Waals surface area contributed by atoms with Gasteiger partial charge in [-0.1, -0.05) is 11.8 Å². The topological polar surface area (TPSA) is 85.2 Å². The molecule has 1 amide bonds. The van der Waals surface area contributed by atoms with Gasteiger partial charge in [-0.25, -0.2) is 4.98 Å². The number of aromatic nitrogens is 4. The van der Waals surface area contributed by atoms with Crippen molar-refractivity contribution in [3.05, 3.63) is 17.4 Å². The molecule has 0 aliphatic carbocycles. The lowest BCUT2D eigenvalue weighted by atomic mass is 10.4. The molecule has 0 spiro atoms. The first-order chi connectivity index (χ1) is 12.2. The van der Waals surface area contributed by atoms with Crippen molar-refractivity contribution < 1.29 is 9.53 Å². The lowest BCUT2D eigenvalue weighted by molar-refractivity contribution is -0.115. The summed E-state index contributed by atoms with van der Waals surface area (Å²) >= 11 is 2.82. The van der Waals surface area contributed by atoms with Crippen molar-refractivity contribution in [3.63, 3.8) is 0 Å². The molecule has 1 aliphatic heterocycles. The second-order valence-electron chi connectivity index (χ2n) is 5.62. The zero-order chi connectivity index (χ0) is 17.6. The number of amides is 1. The van der Waals surface area contributed by atoms with Crippen molar-refractivity contribution >= 4 is 34.1 Å². The van der Waals surface area contributed by atoms with Gasteiger partial charge in [-0.3, -0.25) is 9.69 Å². The monoisotopic (exact) mass is 382 g/mol. The normalized spacial score (nSPS) is 16.7. The highest BCUT2D eigenvalue weighted by Gasteiger charge is 2.21. The number of thiazole rings is 1. The third-order valence-corrected chi connectivity index (χ3v) is 5.66. The number of ether oxygens (including phenoxy) is 1. The van der Waals surface area contributed by atoms with E-state index >= 15 is 0 Å². The number of morpholine rings is 1. The molecule has 0 bridgehead atoms. The molecule has 0 radical (unpaired) electrons. The first kappa shape index (κ1) is 18.3. The number of anilines is 1. The van der Waals surface area contributed by atoms with Crippen LogP contribution in [-0.2, 0) is 22.6 Å². The Hall–Kier alpha value is -1.49. The summed E-state index contributed by atoms with van der Waals surface area (Å²) in [5.74, 6) is 0.847. The molecule has 2 aromatic heterocycles. The highest BCUT2D eigenvalue weighted by atomic mass is 32.2. The molecule has 10 heteroatoms. The van der Waals surface area contributed by atoms with Gasteiger partial charge in [0.2, 0.25) is 5.91 Å². The van der Waals surface area contributed by atoms with Crippen LogP contribution in [0.2, 0.25) is 0 Å². The van der Waals surface area contributed by atoms with Crippen molar-refractivity contribution in [2.45, 2.75) is 37.3 Å². The summed E-state index contributed by atoms with van der Waals surface area (Å²) in [6, 6.07) is 0. The quantitative estimate of drug-likeness (QED) is 0.730. The van der Waals surface area contributed by atoms with Gasteiger partial charge in [0.05, 0.1) is 25.0 Å². The van der Waals surface area contributed by atoms with E-state index in [4.69, 9.17) is 4.74 Å². The minimum Gasteiger partial charge on any atom is -0.379 e. The zero-order valence-electron chi connectivity index (χ0n) is 14.3. The third kappa shape index (κ3) is 4.78. The van der Waals surface area contributed by atoms with E-state index in [-0.39, 0.29) is 11.2 Å². The van der Waals surface area contributed by atoms with Crippen LogP contribution < -0.4 is 5.32 Å². The highest BCUT2D eigenvalue weighted by molar-refractivity contribution is 8.00. The minimum absolute atomic E-state index is 0.0830.